The van der Waals surface area contributed by atoms with E-state index in [4.69, 9.17) is 25.8 Å². The average Bonchev–Trinajstić information content (AvgIpc) is 2.78. The highest BCUT2D eigenvalue weighted by Crippen LogP contribution is 2.36. The monoisotopic (exact) mass is 597 g/mol. The maximum Gasteiger partial charge on any atom is 0.119 e. The van der Waals surface area contributed by atoms with E-state index in [-0.39, 0.29) is 22.4 Å². The second-order valence-corrected chi connectivity index (χ2v) is 12.7. The summed E-state index contributed by atoms with van der Waals surface area (Å²) in [6, 6.07) is 17.0. The first-order chi connectivity index (χ1) is 16.9. The van der Waals surface area contributed by atoms with Gasteiger partial charge < -0.3 is 35.7 Å². The Balaban J connectivity index is 0.00000684. The largest absolute Gasteiger partial charge is 1.00 e. The maximum atomic E-state index is 5.91. The van der Waals surface area contributed by atoms with E-state index in [1.165, 1.54) is 11.1 Å². The molecule has 0 amide bonds. The van der Waals surface area contributed by atoms with Crippen molar-refractivity contribution in [1.82, 2.24) is 0 Å². The highest BCUT2D eigenvalue weighted by atomic mass is 79.9. The average molecular weight is 599 g/mol. The molecule has 0 aliphatic carbocycles. The van der Waals surface area contributed by atoms with Gasteiger partial charge in [-0.3, -0.25) is 0 Å². The van der Waals surface area contributed by atoms with E-state index in [2.05, 4.69) is 97.2 Å². The van der Waals surface area contributed by atoms with Crippen molar-refractivity contribution in [2.45, 2.75) is 65.8 Å². The minimum Gasteiger partial charge on any atom is -1.00 e. The van der Waals surface area contributed by atoms with Crippen LogP contribution in [0.2, 0.25) is 0 Å². The predicted molar refractivity (Wildman–Crippen MR) is 152 cm³/mol. The SMILES string of the molecule is CC(C)(C)CC(C)(C)c1ccc(OCCOCC[N+](C)(C)Cc2ccc(OCCCCCl)cc2)cc1.[Br-]. The van der Waals surface area contributed by atoms with Gasteiger partial charge in [-0.15, -0.1) is 11.6 Å². The minimum absolute atomic E-state index is 0. The summed E-state index contributed by atoms with van der Waals surface area (Å²) in [5.74, 6) is 2.51. The summed E-state index contributed by atoms with van der Waals surface area (Å²) >= 11 is 5.71. The number of quaternary nitrogens is 1. The topological polar surface area (TPSA) is 27.7 Å². The Morgan fingerprint density at radius 3 is 1.86 bits per heavy atom. The third-order valence-corrected chi connectivity index (χ3v) is 6.54. The molecule has 2 rings (SSSR count). The highest BCUT2D eigenvalue weighted by Gasteiger charge is 2.27. The van der Waals surface area contributed by atoms with Gasteiger partial charge in [-0.05, 0) is 72.1 Å². The lowest BCUT2D eigenvalue weighted by Crippen LogP contribution is -3.00. The number of likely N-dealkylation sites (N-methyl/N-ethyl adjacent to an activating group) is 1. The Labute approximate surface area is 242 Å². The third-order valence-electron chi connectivity index (χ3n) is 6.28. The summed E-state index contributed by atoms with van der Waals surface area (Å²) in [6.07, 6.45) is 3.11. The van der Waals surface area contributed by atoms with E-state index in [1.54, 1.807) is 0 Å². The summed E-state index contributed by atoms with van der Waals surface area (Å²) in [6.45, 7) is 16.0. The van der Waals surface area contributed by atoms with Gasteiger partial charge in [0.05, 0.1) is 33.9 Å². The van der Waals surface area contributed by atoms with Crippen molar-refractivity contribution < 1.29 is 35.7 Å². The lowest BCUT2D eigenvalue weighted by atomic mass is 9.72. The van der Waals surface area contributed by atoms with Gasteiger partial charge in [0, 0.05) is 11.4 Å². The zero-order valence-electron chi connectivity index (χ0n) is 24.1. The van der Waals surface area contributed by atoms with E-state index >= 15 is 0 Å². The van der Waals surface area contributed by atoms with Gasteiger partial charge in [0.2, 0.25) is 0 Å². The zero-order valence-corrected chi connectivity index (χ0v) is 26.5. The first kappa shape index (κ1) is 33.8. The Kier molecular flexibility index (Phi) is 14.6. The Morgan fingerprint density at radius 1 is 0.730 bits per heavy atom. The van der Waals surface area contributed by atoms with E-state index in [0.29, 0.717) is 31.1 Å². The molecule has 0 saturated carbocycles. The summed E-state index contributed by atoms with van der Waals surface area (Å²) < 4.78 is 18.4. The predicted octanol–water partition coefficient (Wildman–Crippen LogP) is 4.47. The van der Waals surface area contributed by atoms with Crippen molar-refractivity contribution in [2.24, 2.45) is 5.41 Å². The molecule has 0 aromatic heterocycles. The van der Waals surface area contributed by atoms with Crippen LogP contribution in [0, 0.1) is 5.41 Å². The lowest BCUT2D eigenvalue weighted by molar-refractivity contribution is -0.904. The molecular formula is C31H49BrClNO3. The van der Waals surface area contributed by atoms with Crippen LogP contribution in [-0.4, -0.2) is 57.4 Å². The molecule has 0 aliphatic heterocycles. The minimum atomic E-state index is 0. The van der Waals surface area contributed by atoms with Crippen molar-refractivity contribution in [3.05, 3.63) is 59.7 Å². The number of nitrogens with zero attached hydrogens (tertiary/aromatic N) is 1. The summed E-state index contributed by atoms with van der Waals surface area (Å²) in [5, 5.41) is 0. The van der Waals surface area contributed by atoms with E-state index in [0.717, 1.165) is 54.9 Å². The van der Waals surface area contributed by atoms with Crippen LogP contribution in [0.1, 0.15) is 65.0 Å². The van der Waals surface area contributed by atoms with Crippen molar-refractivity contribution in [1.29, 1.82) is 0 Å². The standard InChI is InChI=1S/C31H49ClNO3.BrH/c1-30(2,3)25-31(4,5)27-12-16-29(17-13-27)36-23-22-34-21-19-33(6,7)24-26-10-14-28(15-11-26)35-20-9-8-18-32;/h10-17H,8-9,18-25H2,1-7H3;1H/q+1;/p-1. The van der Waals surface area contributed by atoms with Gasteiger partial charge in [-0.1, -0.05) is 46.8 Å². The van der Waals surface area contributed by atoms with Crippen molar-refractivity contribution in [2.75, 3.05) is 52.9 Å². The Bertz CT molecular complexity index is 877. The number of halogens is 2. The number of hydrogen-bond acceptors (Lipinski definition) is 3. The fraction of sp³-hybridized carbons (Fsp3) is 0.613. The van der Waals surface area contributed by atoms with Crippen LogP contribution in [0.5, 0.6) is 11.5 Å². The molecule has 0 atom stereocenters. The van der Waals surface area contributed by atoms with E-state index in [9.17, 15) is 0 Å². The second kappa shape index (κ2) is 16.0. The fourth-order valence-electron chi connectivity index (χ4n) is 4.71. The summed E-state index contributed by atoms with van der Waals surface area (Å²) in [5.41, 5.74) is 3.09. The number of rotatable bonds is 16. The first-order valence-corrected chi connectivity index (χ1v) is 13.8. The number of alkyl halides is 1. The quantitative estimate of drug-likeness (QED) is 0.162. The molecule has 37 heavy (non-hydrogen) atoms. The molecule has 0 radical (unpaired) electrons. The molecule has 0 unspecified atom stereocenters. The lowest BCUT2D eigenvalue weighted by Gasteiger charge is -2.33. The molecule has 4 nitrogen and oxygen atoms in total. The van der Waals surface area contributed by atoms with Crippen molar-refractivity contribution in [3.63, 3.8) is 0 Å². The number of unbranched alkanes of at least 4 members (excludes halogenated alkanes) is 1. The Morgan fingerprint density at radius 2 is 1.30 bits per heavy atom. The fourth-order valence-corrected chi connectivity index (χ4v) is 4.90. The molecular weight excluding hydrogens is 550 g/mol. The van der Waals surface area contributed by atoms with Crippen LogP contribution in [0.15, 0.2) is 48.5 Å². The van der Waals surface area contributed by atoms with Gasteiger partial charge in [-0.25, -0.2) is 0 Å². The molecule has 6 heteroatoms. The smallest absolute Gasteiger partial charge is 0.119 e. The van der Waals surface area contributed by atoms with E-state index < -0.39 is 0 Å². The second-order valence-electron chi connectivity index (χ2n) is 12.3. The summed E-state index contributed by atoms with van der Waals surface area (Å²) in [7, 11) is 4.47. The van der Waals surface area contributed by atoms with Crippen molar-refractivity contribution in [3.8, 4) is 11.5 Å². The van der Waals surface area contributed by atoms with Gasteiger partial charge in [0.1, 0.15) is 31.2 Å². The molecule has 0 fully saturated rings. The molecule has 0 saturated heterocycles. The van der Waals surface area contributed by atoms with Gasteiger partial charge in [0.15, 0.2) is 0 Å². The van der Waals surface area contributed by atoms with Gasteiger partial charge in [0.25, 0.3) is 0 Å². The maximum absolute atomic E-state index is 5.91. The van der Waals surface area contributed by atoms with Gasteiger partial charge in [-0.2, -0.15) is 0 Å². The number of benzene rings is 2. The zero-order chi connectivity index (χ0) is 26.7. The number of hydrogen-bond donors (Lipinski definition) is 0. The van der Waals surface area contributed by atoms with Crippen LogP contribution in [-0.2, 0) is 16.7 Å². The molecule has 0 bridgehead atoms. The van der Waals surface area contributed by atoms with Crippen LogP contribution in [0.4, 0.5) is 0 Å². The van der Waals surface area contributed by atoms with Crippen LogP contribution in [0.25, 0.3) is 0 Å². The normalized spacial score (nSPS) is 12.2. The molecule has 0 spiro atoms. The highest BCUT2D eigenvalue weighted by molar-refractivity contribution is 6.17. The molecule has 210 valence electrons. The molecule has 0 N–H and O–H groups in total. The van der Waals surface area contributed by atoms with Crippen LogP contribution in [0.3, 0.4) is 0 Å². The van der Waals surface area contributed by atoms with E-state index in [1.807, 2.05) is 0 Å². The molecule has 0 heterocycles. The van der Waals surface area contributed by atoms with Gasteiger partial charge >= 0.3 is 0 Å². The molecule has 0 aliphatic rings. The number of ether oxygens (including phenoxy) is 3. The summed E-state index contributed by atoms with van der Waals surface area (Å²) in [4.78, 5) is 0. The Hall–Kier alpha value is -1.27. The van der Waals surface area contributed by atoms with Crippen LogP contribution < -0.4 is 26.5 Å². The van der Waals surface area contributed by atoms with Crippen molar-refractivity contribution >= 4 is 11.6 Å². The molecule has 2 aromatic rings. The molecule has 2 aromatic carbocycles. The van der Waals surface area contributed by atoms with Crippen LogP contribution >= 0.6 is 11.6 Å². The third kappa shape index (κ3) is 13.9. The first-order valence-electron chi connectivity index (χ1n) is 13.3.